The van der Waals surface area contributed by atoms with Gasteiger partial charge in [-0.1, -0.05) is 0 Å². The van der Waals surface area contributed by atoms with E-state index in [0.29, 0.717) is 17.9 Å². The highest BCUT2D eigenvalue weighted by atomic mass is 16.6. The van der Waals surface area contributed by atoms with Gasteiger partial charge in [-0.15, -0.1) is 0 Å². The molecule has 3 rings (SSSR count). The van der Waals surface area contributed by atoms with E-state index in [1.165, 1.54) is 12.8 Å². The molecule has 2 heterocycles. The summed E-state index contributed by atoms with van der Waals surface area (Å²) in [6.45, 7) is 11.3. The number of piperidine rings is 1. The molecule has 0 aromatic carbocycles. The quantitative estimate of drug-likeness (QED) is 0.830. The fraction of sp³-hybridized carbons (Fsp3) is 0.900. The van der Waals surface area contributed by atoms with Crippen molar-refractivity contribution in [1.82, 2.24) is 9.80 Å². The lowest BCUT2D eigenvalue weighted by Crippen LogP contribution is -2.56. The van der Waals surface area contributed by atoms with Crippen LogP contribution in [0, 0.1) is 17.3 Å². The van der Waals surface area contributed by atoms with Gasteiger partial charge < -0.3 is 19.6 Å². The fourth-order valence-corrected chi connectivity index (χ4v) is 4.76. The topological polar surface area (TPSA) is 70.1 Å². The van der Waals surface area contributed by atoms with Crippen LogP contribution in [0.25, 0.3) is 0 Å². The van der Waals surface area contributed by atoms with Crippen molar-refractivity contribution in [3.8, 4) is 0 Å². The zero-order valence-electron chi connectivity index (χ0n) is 16.7. The molecule has 6 nitrogen and oxygen atoms in total. The molecule has 0 aromatic rings. The van der Waals surface area contributed by atoms with Gasteiger partial charge in [0.05, 0.1) is 5.41 Å². The maximum atomic E-state index is 12.1. The molecule has 0 radical (unpaired) electrons. The van der Waals surface area contributed by atoms with Gasteiger partial charge in [0.15, 0.2) is 0 Å². The molecular weight excluding hydrogens is 332 g/mol. The Balaban J connectivity index is 1.48. The summed E-state index contributed by atoms with van der Waals surface area (Å²) in [7, 11) is 0. The van der Waals surface area contributed by atoms with Crippen LogP contribution in [0.3, 0.4) is 0 Å². The van der Waals surface area contributed by atoms with E-state index in [9.17, 15) is 14.7 Å². The standard InChI is InChI=1S/C20H34N2O4/c1-19(2,3)26-18(25)22-12-15(13-22)14-6-5-9-21(11-14)16-7-8-20(4,10-16)17(23)24/h14-16H,5-13H2,1-4H3,(H,23,24)/t14-,16-,20-/m0/s1. The number of carbonyl (C=O) groups excluding carboxylic acids is 1. The molecule has 0 unspecified atom stereocenters. The number of nitrogens with zero attached hydrogens (tertiary/aromatic N) is 2. The molecule has 0 spiro atoms. The first-order chi connectivity index (χ1) is 12.1. The molecule has 3 aliphatic rings. The summed E-state index contributed by atoms with van der Waals surface area (Å²) >= 11 is 0. The number of hydrogen-bond donors (Lipinski definition) is 1. The molecule has 3 atom stereocenters. The van der Waals surface area contributed by atoms with Gasteiger partial charge >= 0.3 is 12.1 Å². The van der Waals surface area contributed by atoms with Crippen LogP contribution < -0.4 is 0 Å². The minimum atomic E-state index is -0.652. The molecule has 1 aliphatic carbocycles. The Morgan fingerprint density at radius 3 is 2.38 bits per heavy atom. The first-order valence-electron chi connectivity index (χ1n) is 10.0. The van der Waals surface area contributed by atoms with Crippen molar-refractivity contribution in [2.45, 2.75) is 71.4 Å². The van der Waals surface area contributed by atoms with Crippen molar-refractivity contribution in [3.05, 3.63) is 0 Å². The number of carboxylic acids is 1. The Bertz CT molecular complexity index is 553. The molecule has 2 aliphatic heterocycles. The van der Waals surface area contributed by atoms with Crippen LogP contribution in [-0.2, 0) is 9.53 Å². The van der Waals surface area contributed by atoms with Gasteiger partial charge in [0.2, 0.25) is 0 Å². The Hall–Kier alpha value is -1.30. The monoisotopic (exact) mass is 366 g/mol. The van der Waals surface area contributed by atoms with Gasteiger partial charge in [-0.05, 0) is 78.2 Å². The summed E-state index contributed by atoms with van der Waals surface area (Å²) in [5, 5.41) is 9.47. The second-order valence-electron chi connectivity index (χ2n) is 9.81. The lowest BCUT2D eigenvalue weighted by atomic mass is 9.80. The number of rotatable bonds is 3. The molecular formula is C20H34N2O4. The van der Waals surface area contributed by atoms with E-state index in [1.807, 2.05) is 32.6 Å². The third-order valence-corrected chi connectivity index (χ3v) is 6.47. The van der Waals surface area contributed by atoms with Crippen LogP contribution in [0.1, 0.15) is 59.8 Å². The Labute approximate surface area is 156 Å². The summed E-state index contributed by atoms with van der Waals surface area (Å²) in [6.07, 6.45) is 4.73. The normalized spacial score (nSPS) is 33.8. The third kappa shape index (κ3) is 4.16. The SMILES string of the molecule is CC(C)(C)OC(=O)N1CC([C@H]2CCCN([C@H]3CC[C@](C)(C(=O)O)C3)C2)C1. The van der Waals surface area contributed by atoms with E-state index in [0.717, 1.165) is 45.4 Å². The third-order valence-electron chi connectivity index (χ3n) is 6.47. The summed E-state index contributed by atoms with van der Waals surface area (Å²) in [5.74, 6) is 0.511. The summed E-state index contributed by atoms with van der Waals surface area (Å²) in [6, 6.07) is 0.404. The van der Waals surface area contributed by atoms with Gasteiger partial charge in [-0.3, -0.25) is 4.79 Å². The second kappa shape index (κ2) is 7.02. The van der Waals surface area contributed by atoms with Gasteiger partial charge in [-0.25, -0.2) is 4.79 Å². The minimum absolute atomic E-state index is 0.200. The van der Waals surface area contributed by atoms with Gasteiger partial charge in [0.25, 0.3) is 0 Å². The zero-order valence-corrected chi connectivity index (χ0v) is 16.7. The summed E-state index contributed by atoms with van der Waals surface area (Å²) in [5.41, 5.74) is -0.995. The maximum absolute atomic E-state index is 12.1. The fourth-order valence-electron chi connectivity index (χ4n) is 4.76. The van der Waals surface area contributed by atoms with Crippen molar-refractivity contribution < 1.29 is 19.4 Å². The Morgan fingerprint density at radius 2 is 1.81 bits per heavy atom. The van der Waals surface area contributed by atoms with E-state index >= 15 is 0 Å². The second-order valence-corrected chi connectivity index (χ2v) is 9.81. The number of hydrogen-bond acceptors (Lipinski definition) is 4. The maximum Gasteiger partial charge on any atom is 0.410 e. The zero-order chi connectivity index (χ0) is 19.1. The number of ether oxygens (including phenoxy) is 1. The summed E-state index contributed by atoms with van der Waals surface area (Å²) in [4.78, 5) is 28.0. The van der Waals surface area contributed by atoms with E-state index in [4.69, 9.17) is 4.74 Å². The predicted molar refractivity (Wildman–Crippen MR) is 99.0 cm³/mol. The highest BCUT2D eigenvalue weighted by Crippen LogP contribution is 2.42. The van der Waals surface area contributed by atoms with Crippen LogP contribution in [-0.4, -0.2) is 64.8 Å². The number of aliphatic carboxylic acids is 1. The van der Waals surface area contributed by atoms with Crippen molar-refractivity contribution in [3.63, 3.8) is 0 Å². The molecule has 0 aromatic heterocycles. The Morgan fingerprint density at radius 1 is 1.12 bits per heavy atom. The van der Waals surface area contributed by atoms with E-state index in [-0.39, 0.29) is 6.09 Å². The predicted octanol–water partition coefficient (Wildman–Crippen LogP) is 3.21. The molecule has 6 heteroatoms. The van der Waals surface area contributed by atoms with Crippen LogP contribution >= 0.6 is 0 Å². The number of carboxylic acid groups (broad SMARTS) is 1. The van der Waals surface area contributed by atoms with Crippen molar-refractivity contribution in [2.24, 2.45) is 17.3 Å². The minimum Gasteiger partial charge on any atom is -0.481 e. The summed E-state index contributed by atoms with van der Waals surface area (Å²) < 4.78 is 5.45. The molecule has 1 amide bonds. The molecule has 0 bridgehead atoms. The highest BCUT2D eigenvalue weighted by Gasteiger charge is 2.45. The number of carbonyl (C=O) groups is 2. The highest BCUT2D eigenvalue weighted by molar-refractivity contribution is 5.74. The molecule has 1 N–H and O–H groups in total. The molecule has 148 valence electrons. The first-order valence-corrected chi connectivity index (χ1v) is 10.0. The van der Waals surface area contributed by atoms with E-state index < -0.39 is 17.0 Å². The molecule has 26 heavy (non-hydrogen) atoms. The molecule has 3 fully saturated rings. The lowest BCUT2D eigenvalue weighted by molar-refractivity contribution is -0.147. The van der Waals surface area contributed by atoms with Crippen LogP contribution in [0.5, 0.6) is 0 Å². The average Bonchev–Trinajstić information content (AvgIpc) is 2.88. The number of likely N-dealkylation sites (tertiary alicyclic amines) is 2. The van der Waals surface area contributed by atoms with Crippen molar-refractivity contribution in [2.75, 3.05) is 26.2 Å². The largest absolute Gasteiger partial charge is 0.481 e. The number of amides is 1. The van der Waals surface area contributed by atoms with Crippen molar-refractivity contribution >= 4 is 12.1 Å². The molecule has 2 saturated heterocycles. The Kier molecular flexibility index (Phi) is 5.26. The van der Waals surface area contributed by atoms with Crippen molar-refractivity contribution in [1.29, 1.82) is 0 Å². The van der Waals surface area contributed by atoms with Crippen LogP contribution in [0.2, 0.25) is 0 Å². The smallest absolute Gasteiger partial charge is 0.410 e. The lowest BCUT2D eigenvalue weighted by Gasteiger charge is -2.47. The molecule has 1 saturated carbocycles. The van der Waals surface area contributed by atoms with Crippen LogP contribution in [0.15, 0.2) is 0 Å². The van der Waals surface area contributed by atoms with Gasteiger partial charge in [0.1, 0.15) is 5.60 Å². The van der Waals surface area contributed by atoms with Gasteiger partial charge in [-0.2, -0.15) is 0 Å². The van der Waals surface area contributed by atoms with E-state index in [2.05, 4.69) is 4.90 Å². The average molecular weight is 367 g/mol. The van der Waals surface area contributed by atoms with Crippen LogP contribution in [0.4, 0.5) is 4.79 Å². The first kappa shape index (κ1) is 19.5. The van der Waals surface area contributed by atoms with Gasteiger partial charge in [0, 0.05) is 25.7 Å². The van der Waals surface area contributed by atoms with E-state index in [1.54, 1.807) is 0 Å².